The number of nitrogens with one attached hydrogen (secondary N) is 1. The Morgan fingerprint density at radius 1 is 1.39 bits per heavy atom. The summed E-state index contributed by atoms with van der Waals surface area (Å²) in [5.74, 6) is 0. The van der Waals surface area contributed by atoms with Gasteiger partial charge in [-0.2, -0.15) is 5.10 Å². The van der Waals surface area contributed by atoms with Crippen LogP contribution in [-0.4, -0.2) is 21.5 Å². The fourth-order valence-electron chi connectivity index (χ4n) is 1.89. The van der Waals surface area contributed by atoms with Crippen LogP contribution in [-0.2, 0) is 6.54 Å². The van der Waals surface area contributed by atoms with Crippen LogP contribution in [0.25, 0.3) is 0 Å². The Morgan fingerprint density at radius 2 is 2.17 bits per heavy atom. The molecule has 0 bridgehead atoms. The van der Waals surface area contributed by atoms with Crippen molar-refractivity contribution < 1.29 is 5.11 Å². The predicted molar refractivity (Wildman–Crippen MR) is 72.5 cm³/mol. The van der Waals surface area contributed by atoms with E-state index in [1.807, 2.05) is 49.0 Å². The summed E-state index contributed by atoms with van der Waals surface area (Å²) in [4.78, 5) is 0. The fourth-order valence-corrected chi connectivity index (χ4v) is 1.89. The maximum Gasteiger partial charge on any atom is 0.0775 e. The van der Waals surface area contributed by atoms with Crippen molar-refractivity contribution in [2.75, 3.05) is 11.9 Å². The van der Waals surface area contributed by atoms with E-state index in [0.29, 0.717) is 0 Å². The Labute approximate surface area is 107 Å². The summed E-state index contributed by atoms with van der Waals surface area (Å²) in [5, 5.41) is 17.1. The zero-order valence-electron chi connectivity index (χ0n) is 10.8. The molecule has 0 aliphatic rings. The highest BCUT2D eigenvalue weighted by molar-refractivity contribution is 5.51. The third kappa shape index (κ3) is 2.71. The monoisotopic (exact) mass is 245 g/mol. The largest absolute Gasteiger partial charge is 0.394 e. The topological polar surface area (TPSA) is 50.1 Å². The molecule has 1 unspecified atom stereocenters. The maximum absolute atomic E-state index is 9.51. The summed E-state index contributed by atoms with van der Waals surface area (Å²) in [6.07, 6.45) is 3.77. The number of benzene rings is 1. The van der Waals surface area contributed by atoms with E-state index in [-0.39, 0.29) is 12.6 Å². The van der Waals surface area contributed by atoms with Crippen LogP contribution in [0.3, 0.4) is 0 Å². The lowest BCUT2D eigenvalue weighted by Crippen LogP contribution is -2.14. The van der Waals surface area contributed by atoms with E-state index in [4.69, 9.17) is 0 Å². The van der Waals surface area contributed by atoms with Gasteiger partial charge in [-0.05, 0) is 25.5 Å². The Morgan fingerprint density at radius 3 is 2.78 bits per heavy atom. The van der Waals surface area contributed by atoms with Crippen molar-refractivity contribution in [3.8, 4) is 0 Å². The van der Waals surface area contributed by atoms with Gasteiger partial charge in [0.2, 0.25) is 0 Å². The van der Waals surface area contributed by atoms with E-state index in [1.54, 1.807) is 6.20 Å². The number of anilines is 1. The van der Waals surface area contributed by atoms with Crippen LogP contribution in [0.2, 0.25) is 0 Å². The van der Waals surface area contributed by atoms with Crippen LogP contribution < -0.4 is 5.32 Å². The summed E-state index contributed by atoms with van der Waals surface area (Å²) in [6, 6.07) is 7.93. The number of aryl methyl sites for hydroxylation is 2. The number of aliphatic hydroxyl groups is 1. The second-order valence-corrected chi connectivity index (χ2v) is 4.32. The molecule has 1 aromatic heterocycles. The third-order valence-corrected chi connectivity index (χ3v) is 3.04. The summed E-state index contributed by atoms with van der Waals surface area (Å²) in [6.45, 7) is 4.97. The SMILES string of the molecule is CCn1cc(C(CO)Nc2ccccc2C)cn1. The van der Waals surface area contributed by atoms with Crippen molar-refractivity contribution in [2.24, 2.45) is 0 Å². The molecule has 0 amide bonds. The molecular formula is C14H19N3O. The minimum absolute atomic E-state index is 0.0454. The second kappa shape index (κ2) is 5.69. The van der Waals surface area contributed by atoms with Crippen molar-refractivity contribution in [1.29, 1.82) is 0 Å². The third-order valence-electron chi connectivity index (χ3n) is 3.04. The molecule has 0 saturated carbocycles. The van der Waals surface area contributed by atoms with Crippen molar-refractivity contribution >= 4 is 5.69 Å². The van der Waals surface area contributed by atoms with Gasteiger partial charge >= 0.3 is 0 Å². The van der Waals surface area contributed by atoms with E-state index in [1.165, 1.54) is 5.56 Å². The molecule has 1 aromatic carbocycles. The van der Waals surface area contributed by atoms with Gasteiger partial charge in [0, 0.05) is 24.0 Å². The maximum atomic E-state index is 9.51. The number of para-hydroxylation sites is 1. The first-order chi connectivity index (χ1) is 8.74. The van der Waals surface area contributed by atoms with Gasteiger partial charge < -0.3 is 10.4 Å². The van der Waals surface area contributed by atoms with Gasteiger partial charge in [0.15, 0.2) is 0 Å². The Hall–Kier alpha value is -1.81. The first kappa shape index (κ1) is 12.6. The molecule has 0 fully saturated rings. The highest BCUT2D eigenvalue weighted by atomic mass is 16.3. The molecule has 0 radical (unpaired) electrons. The van der Waals surface area contributed by atoms with E-state index in [0.717, 1.165) is 17.8 Å². The minimum Gasteiger partial charge on any atom is -0.394 e. The number of aromatic nitrogens is 2. The lowest BCUT2D eigenvalue weighted by molar-refractivity contribution is 0.276. The number of hydrogen-bond acceptors (Lipinski definition) is 3. The zero-order valence-corrected chi connectivity index (χ0v) is 10.8. The second-order valence-electron chi connectivity index (χ2n) is 4.32. The standard InChI is InChI=1S/C14H19N3O/c1-3-17-9-12(8-15-17)14(10-18)16-13-7-5-4-6-11(13)2/h4-9,14,16,18H,3,10H2,1-2H3. The van der Waals surface area contributed by atoms with Crippen LogP contribution >= 0.6 is 0 Å². The molecule has 2 rings (SSSR count). The van der Waals surface area contributed by atoms with Gasteiger partial charge in [0.1, 0.15) is 0 Å². The summed E-state index contributed by atoms with van der Waals surface area (Å²) in [5.41, 5.74) is 3.21. The van der Waals surface area contributed by atoms with Crippen LogP contribution in [0.4, 0.5) is 5.69 Å². The lowest BCUT2D eigenvalue weighted by Gasteiger charge is -2.17. The molecule has 4 nitrogen and oxygen atoms in total. The van der Waals surface area contributed by atoms with Crippen LogP contribution in [0.1, 0.15) is 24.1 Å². The van der Waals surface area contributed by atoms with Gasteiger partial charge in [-0.25, -0.2) is 0 Å². The molecule has 0 aliphatic heterocycles. The molecule has 18 heavy (non-hydrogen) atoms. The Kier molecular flexibility index (Phi) is 3.99. The van der Waals surface area contributed by atoms with Gasteiger partial charge in [-0.15, -0.1) is 0 Å². The number of nitrogens with zero attached hydrogens (tertiary/aromatic N) is 2. The van der Waals surface area contributed by atoms with Gasteiger partial charge in [0.25, 0.3) is 0 Å². The minimum atomic E-state index is -0.119. The average molecular weight is 245 g/mol. The number of aliphatic hydroxyl groups excluding tert-OH is 1. The summed E-state index contributed by atoms with van der Waals surface area (Å²) in [7, 11) is 0. The molecule has 1 heterocycles. The summed E-state index contributed by atoms with van der Waals surface area (Å²) < 4.78 is 1.86. The molecule has 0 aliphatic carbocycles. The molecule has 2 aromatic rings. The van der Waals surface area contributed by atoms with Crippen molar-refractivity contribution in [3.63, 3.8) is 0 Å². The van der Waals surface area contributed by atoms with Gasteiger partial charge in [0.05, 0.1) is 18.8 Å². The smallest absolute Gasteiger partial charge is 0.0775 e. The highest BCUT2D eigenvalue weighted by Gasteiger charge is 2.13. The van der Waals surface area contributed by atoms with Crippen molar-refractivity contribution in [3.05, 3.63) is 47.8 Å². The van der Waals surface area contributed by atoms with Crippen LogP contribution in [0, 0.1) is 6.92 Å². The molecular weight excluding hydrogens is 226 g/mol. The molecule has 0 spiro atoms. The molecule has 96 valence electrons. The zero-order chi connectivity index (χ0) is 13.0. The molecule has 2 N–H and O–H groups in total. The fraction of sp³-hybridized carbons (Fsp3) is 0.357. The van der Waals surface area contributed by atoms with Crippen molar-refractivity contribution in [2.45, 2.75) is 26.4 Å². The number of rotatable bonds is 5. The quantitative estimate of drug-likeness (QED) is 0.850. The molecule has 4 heteroatoms. The van der Waals surface area contributed by atoms with Gasteiger partial charge in [-0.3, -0.25) is 4.68 Å². The average Bonchev–Trinajstić information content (AvgIpc) is 2.86. The van der Waals surface area contributed by atoms with Crippen LogP contribution in [0.15, 0.2) is 36.7 Å². The normalized spacial score (nSPS) is 12.4. The lowest BCUT2D eigenvalue weighted by atomic mass is 10.1. The van der Waals surface area contributed by atoms with E-state index >= 15 is 0 Å². The first-order valence-corrected chi connectivity index (χ1v) is 6.20. The highest BCUT2D eigenvalue weighted by Crippen LogP contribution is 2.21. The van der Waals surface area contributed by atoms with Crippen LogP contribution in [0.5, 0.6) is 0 Å². The first-order valence-electron chi connectivity index (χ1n) is 6.20. The van der Waals surface area contributed by atoms with Crippen molar-refractivity contribution in [1.82, 2.24) is 9.78 Å². The summed E-state index contributed by atoms with van der Waals surface area (Å²) >= 11 is 0. The predicted octanol–water partition coefficient (Wildman–Crippen LogP) is 2.36. The molecule has 1 atom stereocenters. The van der Waals surface area contributed by atoms with E-state index in [9.17, 15) is 5.11 Å². The number of hydrogen-bond donors (Lipinski definition) is 2. The van der Waals surface area contributed by atoms with Gasteiger partial charge in [-0.1, -0.05) is 18.2 Å². The van der Waals surface area contributed by atoms with E-state index < -0.39 is 0 Å². The Bertz CT molecular complexity index is 507. The Balaban J connectivity index is 2.17. The molecule has 0 saturated heterocycles. The van der Waals surface area contributed by atoms with E-state index in [2.05, 4.69) is 10.4 Å².